The normalized spacial score (nSPS) is 16.9. The summed E-state index contributed by atoms with van der Waals surface area (Å²) < 4.78 is 1.84. The van der Waals surface area contributed by atoms with Crippen molar-refractivity contribution in [2.45, 2.75) is 38.6 Å². The predicted octanol–water partition coefficient (Wildman–Crippen LogP) is 1.28. The summed E-state index contributed by atoms with van der Waals surface area (Å²) >= 11 is 0. The summed E-state index contributed by atoms with van der Waals surface area (Å²) in [5.74, 6) is 0.159. The Hall–Kier alpha value is -1.36. The Kier molecular flexibility index (Phi) is 4.58. The number of aliphatic hydroxyl groups is 1. The van der Waals surface area contributed by atoms with E-state index < -0.39 is 0 Å². The van der Waals surface area contributed by atoms with Gasteiger partial charge in [0.2, 0.25) is 5.91 Å². The molecule has 1 saturated carbocycles. The lowest BCUT2D eigenvalue weighted by Gasteiger charge is -2.42. The summed E-state index contributed by atoms with van der Waals surface area (Å²) in [5.41, 5.74) is -0.0214. The van der Waals surface area contributed by atoms with Crippen molar-refractivity contribution in [2.75, 3.05) is 20.2 Å². The van der Waals surface area contributed by atoms with Crippen molar-refractivity contribution in [1.82, 2.24) is 14.7 Å². The first kappa shape index (κ1) is 14.1. The Morgan fingerprint density at radius 1 is 1.53 bits per heavy atom. The molecule has 19 heavy (non-hydrogen) atoms. The number of aliphatic hydroxyl groups excluding tert-OH is 1. The molecule has 0 bridgehead atoms. The smallest absolute Gasteiger partial charge is 0.222 e. The number of hydrogen-bond acceptors (Lipinski definition) is 3. The van der Waals surface area contributed by atoms with Crippen LogP contribution in [0, 0.1) is 5.41 Å². The predicted molar refractivity (Wildman–Crippen MR) is 72.5 cm³/mol. The molecule has 0 aromatic carbocycles. The zero-order chi connectivity index (χ0) is 13.7. The van der Waals surface area contributed by atoms with E-state index in [2.05, 4.69) is 5.10 Å². The first-order valence-corrected chi connectivity index (χ1v) is 6.97. The van der Waals surface area contributed by atoms with Crippen LogP contribution in [-0.2, 0) is 11.3 Å². The first-order chi connectivity index (χ1) is 9.15. The lowest BCUT2D eigenvalue weighted by atomic mass is 9.69. The molecule has 1 aliphatic rings. The number of hydrogen-bond donors (Lipinski definition) is 1. The molecule has 0 aliphatic heterocycles. The minimum Gasteiger partial charge on any atom is -0.396 e. The second-order valence-corrected chi connectivity index (χ2v) is 5.63. The van der Waals surface area contributed by atoms with E-state index >= 15 is 0 Å². The fourth-order valence-electron chi connectivity index (χ4n) is 2.65. The van der Waals surface area contributed by atoms with Crippen LogP contribution in [0.25, 0.3) is 0 Å². The molecule has 1 aliphatic carbocycles. The highest BCUT2D eigenvalue weighted by molar-refractivity contribution is 5.75. The number of carbonyl (C=O) groups excluding carboxylic acids is 1. The molecule has 1 heterocycles. The topological polar surface area (TPSA) is 58.4 Å². The third-order valence-corrected chi connectivity index (χ3v) is 4.09. The van der Waals surface area contributed by atoms with Crippen LogP contribution in [0.2, 0.25) is 0 Å². The molecule has 0 spiro atoms. The van der Waals surface area contributed by atoms with Crippen LogP contribution in [0.4, 0.5) is 0 Å². The van der Waals surface area contributed by atoms with Gasteiger partial charge in [0, 0.05) is 44.4 Å². The van der Waals surface area contributed by atoms with Gasteiger partial charge in [-0.05, 0) is 25.3 Å². The minimum atomic E-state index is -0.0214. The van der Waals surface area contributed by atoms with Gasteiger partial charge in [0.15, 0.2) is 0 Å². The Bertz CT molecular complexity index is 393. The summed E-state index contributed by atoms with van der Waals surface area (Å²) in [4.78, 5) is 13.8. The molecule has 0 atom stereocenters. The van der Waals surface area contributed by atoms with E-state index in [0.717, 1.165) is 25.8 Å². The lowest BCUT2D eigenvalue weighted by Crippen LogP contribution is -2.45. The van der Waals surface area contributed by atoms with Gasteiger partial charge in [-0.25, -0.2) is 0 Å². The van der Waals surface area contributed by atoms with Gasteiger partial charge in [-0.3, -0.25) is 9.48 Å². The van der Waals surface area contributed by atoms with Crippen LogP contribution in [-0.4, -0.2) is 45.9 Å². The molecule has 1 amide bonds. The number of carbonyl (C=O) groups is 1. The first-order valence-electron chi connectivity index (χ1n) is 6.97. The van der Waals surface area contributed by atoms with Crippen molar-refractivity contribution in [2.24, 2.45) is 5.41 Å². The van der Waals surface area contributed by atoms with Crippen LogP contribution in [0.3, 0.4) is 0 Å². The maximum atomic E-state index is 12.0. The van der Waals surface area contributed by atoms with E-state index in [1.165, 1.54) is 6.42 Å². The molecule has 1 aromatic rings. The number of rotatable bonds is 7. The largest absolute Gasteiger partial charge is 0.396 e. The number of nitrogens with zero attached hydrogens (tertiary/aromatic N) is 3. The van der Waals surface area contributed by atoms with Crippen LogP contribution < -0.4 is 0 Å². The molecular formula is C14H23N3O2. The monoisotopic (exact) mass is 265 g/mol. The van der Waals surface area contributed by atoms with Crippen LogP contribution in [0.1, 0.15) is 32.1 Å². The van der Waals surface area contributed by atoms with E-state index in [1.54, 1.807) is 11.1 Å². The van der Waals surface area contributed by atoms with Gasteiger partial charge in [0.1, 0.15) is 0 Å². The van der Waals surface area contributed by atoms with Crippen molar-refractivity contribution in [3.8, 4) is 0 Å². The van der Waals surface area contributed by atoms with Gasteiger partial charge in [0.05, 0.1) is 6.61 Å². The SMILES string of the molecule is CN(CC1(CO)CCC1)C(=O)CCCn1cccn1. The van der Waals surface area contributed by atoms with Crippen molar-refractivity contribution in [3.05, 3.63) is 18.5 Å². The van der Waals surface area contributed by atoms with Crippen molar-refractivity contribution in [3.63, 3.8) is 0 Å². The summed E-state index contributed by atoms with van der Waals surface area (Å²) in [6, 6.07) is 1.88. The van der Waals surface area contributed by atoms with Crippen molar-refractivity contribution >= 4 is 5.91 Å². The van der Waals surface area contributed by atoms with Gasteiger partial charge in [0.25, 0.3) is 0 Å². The second-order valence-electron chi connectivity index (χ2n) is 5.63. The Morgan fingerprint density at radius 2 is 2.32 bits per heavy atom. The fourth-order valence-corrected chi connectivity index (χ4v) is 2.65. The molecule has 1 N–H and O–H groups in total. The number of aryl methyl sites for hydroxylation is 1. The summed E-state index contributed by atoms with van der Waals surface area (Å²) in [7, 11) is 1.84. The summed E-state index contributed by atoms with van der Waals surface area (Å²) in [5, 5.41) is 13.5. The average Bonchev–Trinajstić information content (AvgIpc) is 2.86. The van der Waals surface area contributed by atoms with Crippen molar-refractivity contribution < 1.29 is 9.90 Å². The molecule has 0 unspecified atom stereocenters. The molecule has 1 fully saturated rings. The molecule has 5 nitrogen and oxygen atoms in total. The molecule has 106 valence electrons. The second kappa shape index (κ2) is 6.19. The lowest BCUT2D eigenvalue weighted by molar-refractivity contribution is -0.133. The van der Waals surface area contributed by atoms with E-state index in [9.17, 15) is 9.90 Å². The summed E-state index contributed by atoms with van der Waals surface area (Å²) in [6.45, 7) is 1.65. The molecule has 2 rings (SSSR count). The van der Waals surface area contributed by atoms with E-state index in [0.29, 0.717) is 13.0 Å². The highest BCUT2D eigenvalue weighted by Gasteiger charge is 2.37. The summed E-state index contributed by atoms with van der Waals surface area (Å²) in [6.07, 6.45) is 8.23. The molecule has 1 aromatic heterocycles. The zero-order valence-corrected chi connectivity index (χ0v) is 11.6. The quantitative estimate of drug-likeness (QED) is 0.808. The molecule has 0 radical (unpaired) electrons. The van der Waals surface area contributed by atoms with Gasteiger partial charge < -0.3 is 10.0 Å². The third-order valence-electron chi connectivity index (χ3n) is 4.09. The maximum absolute atomic E-state index is 12.0. The average molecular weight is 265 g/mol. The van der Waals surface area contributed by atoms with Gasteiger partial charge >= 0.3 is 0 Å². The van der Waals surface area contributed by atoms with Crippen LogP contribution in [0.5, 0.6) is 0 Å². The molecule has 0 saturated heterocycles. The zero-order valence-electron chi connectivity index (χ0n) is 11.6. The van der Waals surface area contributed by atoms with Crippen LogP contribution in [0.15, 0.2) is 18.5 Å². The van der Waals surface area contributed by atoms with Crippen LogP contribution >= 0.6 is 0 Å². The standard InChI is InChI=1S/C14H23N3O2/c1-16(11-14(12-18)6-3-7-14)13(19)5-2-9-17-10-4-8-15-17/h4,8,10,18H,2-3,5-7,9,11-12H2,1H3. The maximum Gasteiger partial charge on any atom is 0.222 e. The number of aromatic nitrogens is 2. The number of amides is 1. The molecular weight excluding hydrogens is 242 g/mol. The third kappa shape index (κ3) is 3.56. The highest BCUT2D eigenvalue weighted by Crippen LogP contribution is 2.40. The van der Waals surface area contributed by atoms with Gasteiger partial charge in [-0.1, -0.05) is 6.42 Å². The minimum absolute atomic E-state index is 0.0214. The Morgan fingerprint density at radius 3 is 2.84 bits per heavy atom. The van der Waals surface area contributed by atoms with Gasteiger partial charge in [-0.2, -0.15) is 5.10 Å². The van der Waals surface area contributed by atoms with E-state index in [-0.39, 0.29) is 17.9 Å². The Labute approximate surface area is 114 Å². The van der Waals surface area contributed by atoms with E-state index in [1.807, 2.05) is 24.0 Å². The van der Waals surface area contributed by atoms with Crippen molar-refractivity contribution in [1.29, 1.82) is 0 Å². The van der Waals surface area contributed by atoms with Gasteiger partial charge in [-0.15, -0.1) is 0 Å². The highest BCUT2D eigenvalue weighted by atomic mass is 16.3. The fraction of sp³-hybridized carbons (Fsp3) is 0.714. The molecule has 5 heteroatoms. The van der Waals surface area contributed by atoms with E-state index in [4.69, 9.17) is 0 Å². The Balaban J connectivity index is 1.70.